The summed E-state index contributed by atoms with van der Waals surface area (Å²) in [5.74, 6) is -1.35. The van der Waals surface area contributed by atoms with Crippen LogP contribution in [0.1, 0.15) is 10.6 Å². The van der Waals surface area contributed by atoms with E-state index >= 15 is 0 Å². The molecule has 0 aliphatic rings. The summed E-state index contributed by atoms with van der Waals surface area (Å²) in [6.45, 7) is 0. The van der Waals surface area contributed by atoms with Gasteiger partial charge in [0.25, 0.3) is 0 Å². The van der Waals surface area contributed by atoms with Gasteiger partial charge in [-0.3, -0.25) is 10.1 Å². The van der Waals surface area contributed by atoms with E-state index in [1.165, 1.54) is 12.1 Å². The lowest BCUT2D eigenvalue weighted by molar-refractivity contribution is -0.380. The lowest BCUT2D eigenvalue weighted by atomic mass is 10.5. The van der Waals surface area contributed by atoms with Crippen LogP contribution in [0.25, 0.3) is 0 Å². The normalized spacial score (nSPS) is 10.4. The molecule has 0 saturated carbocycles. The second-order valence-corrected chi connectivity index (χ2v) is 5.01. The van der Waals surface area contributed by atoms with Gasteiger partial charge in [0.05, 0.1) is 4.92 Å². The van der Waals surface area contributed by atoms with E-state index in [0.717, 1.165) is 29.3 Å². The summed E-state index contributed by atoms with van der Waals surface area (Å²) in [6.07, 6.45) is 1.15. The third kappa shape index (κ3) is 2.63. The summed E-state index contributed by atoms with van der Waals surface area (Å²) in [5.41, 5.74) is 0. The van der Waals surface area contributed by atoms with E-state index in [1.807, 2.05) is 0 Å². The Labute approximate surface area is 102 Å². The van der Waals surface area contributed by atoms with Crippen LogP contribution in [0.15, 0.2) is 32.2 Å². The van der Waals surface area contributed by atoms with Gasteiger partial charge >= 0.3 is 11.0 Å². The molecule has 0 aromatic carbocycles. The molecule has 17 heavy (non-hydrogen) atoms. The Hall–Kier alpha value is -1.87. The fraction of sp³-hybridized carbons (Fsp3) is 0. The fourth-order valence-electron chi connectivity index (χ4n) is 0.958. The molecule has 0 unspecified atom stereocenters. The third-order valence-electron chi connectivity index (χ3n) is 1.63. The third-order valence-corrected chi connectivity index (χ3v) is 3.58. The van der Waals surface area contributed by atoms with Gasteiger partial charge in [-0.2, -0.15) is 0 Å². The molecular formula is C8H4N2O5S2. The fourth-order valence-corrected chi connectivity index (χ4v) is 2.64. The van der Waals surface area contributed by atoms with Gasteiger partial charge in [0.1, 0.15) is 6.20 Å². The van der Waals surface area contributed by atoms with Crippen LogP contribution < -0.4 is 0 Å². The van der Waals surface area contributed by atoms with E-state index < -0.39 is 10.9 Å². The Morgan fingerprint density at radius 2 is 2.35 bits per heavy atom. The molecule has 0 bridgehead atoms. The summed E-state index contributed by atoms with van der Waals surface area (Å²) in [5, 5.41) is 19.3. The second-order valence-electron chi connectivity index (χ2n) is 2.75. The smallest absolute Gasteiger partial charge is 0.371 e. The maximum absolute atomic E-state index is 10.6. The van der Waals surface area contributed by atoms with Gasteiger partial charge in [-0.1, -0.05) is 0 Å². The van der Waals surface area contributed by atoms with Crippen molar-refractivity contribution in [3.8, 4) is 0 Å². The molecule has 0 spiro atoms. The number of furan rings is 1. The van der Waals surface area contributed by atoms with Crippen molar-refractivity contribution >= 4 is 34.1 Å². The first-order valence-electron chi connectivity index (χ1n) is 4.17. The lowest BCUT2D eigenvalue weighted by Crippen LogP contribution is -1.91. The van der Waals surface area contributed by atoms with Crippen LogP contribution in [-0.2, 0) is 0 Å². The van der Waals surface area contributed by atoms with Crippen LogP contribution in [0.4, 0.5) is 5.00 Å². The monoisotopic (exact) mass is 272 g/mol. The molecule has 0 atom stereocenters. The zero-order valence-corrected chi connectivity index (χ0v) is 9.66. The molecule has 0 radical (unpaired) electrons. The predicted octanol–water partition coefficient (Wildman–Crippen LogP) is 2.49. The number of aromatic carboxylic acids is 1. The van der Waals surface area contributed by atoms with Crippen molar-refractivity contribution in [2.45, 2.75) is 9.43 Å². The molecule has 2 aromatic rings. The van der Waals surface area contributed by atoms with E-state index in [9.17, 15) is 14.9 Å². The van der Waals surface area contributed by atoms with Crippen molar-refractivity contribution < 1.29 is 19.2 Å². The maximum Gasteiger partial charge on any atom is 0.371 e. The predicted molar refractivity (Wildman–Crippen MR) is 58.6 cm³/mol. The molecule has 2 rings (SSSR count). The van der Waals surface area contributed by atoms with Crippen LogP contribution in [-0.4, -0.2) is 21.0 Å². The van der Waals surface area contributed by atoms with Crippen molar-refractivity contribution in [3.05, 3.63) is 34.2 Å². The van der Waals surface area contributed by atoms with Gasteiger partial charge in [0, 0.05) is 0 Å². The van der Waals surface area contributed by atoms with E-state index in [1.54, 1.807) is 0 Å². The minimum atomic E-state index is -1.16. The largest absolute Gasteiger partial charge is 0.475 e. The minimum absolute atomic E-state index is 0.0717. The minimum Gasteiger partial charge on any atom is -0.475 e. The summed E-state index contributed by atoms with van der Waals surface area (Å²) in [4.78, 5) is 24.3. The molecule has 0 aliphatic heterocycles. The molecule has 7 nitrogen and oxygen atoms in total. The molecule has 0 fully saturated rings. The van der Waals surface area contributed by atoms with Crippen LogP contribution >= 0.6 is 23.1 Å². The number of nitro groups is 1. The molecule has 88 valence electrons. The Kier molecular flexibility index (Phi) is 3.11. The van der Waals surface area contributed by atoms with Gasteiger partial charge in [-0.05, 0) is 35.2 Å². The lowest BCUT2D eigenvalue weighted by Gasteiger charge is -1.89. The van der Waals surface area contributed by atoms with Gasteiger partial charge in [0.2, 0.25) is 5.76 Å². The Bertz CT molecular complexity index is 526. The van der Waals surface area contributed by atoms with Crippen molar-refractivity contribution in [3.63, 3.8) is 0 Å². The zero-order valence-electron chi connectivity index (χ0n) is 8.02. The molecular weight excluding hydrogens is 268 g/mol. The Morgan fingerprint density at radius 3 is 2.88 bits per heavy atom. The molecule has 0 saturated heterocycles. The first-order valence-corrected chi connectivity index (χ1v) is 5.81. The summed E-state index contributed by atoms with van der Waals surface area (Å²) in [6, 6.07) is 2.79. The Balaban J connectivity index is 2.13. The van der Waals surface area contributed by atoms with Crippen molar-refractivity contribution in [1.82, 2.24) is 4.98 Å². The molecule has 1 N–H and O–H groups in total. The molecule has 9 heteroatoms. The number of rotatable bonds is 4. The number of carboxylic acid groups (broad SMARTS) is 1. The van der Waals surface area contributed by atoms with Crippen LogP contribution in [0, 0.1) is 10.1 Å². The summed E-state index contributed by atoms with van der Waals surface area (Å²) < 4.78 is 5.40. The van der Waals surface area contributed by atoms with Gasteiger partial charge in [-0.15, -0.1) is 0 Å². The second kappa shape index (κ2) is 4.55. The average Bonchev–Trinajstić information content (AvgIpc) is 2.87. The highest BCUT2D eigenvalue weighted by Crippen LogP contribution is 2.34. The number of carboxylic acids is 1. The van der Waals surface area contributed by atoms with Crippen LogP contribution in [0.3, 0.4) is 0 Å². The average molecular weight is 272 g/mol. The molecule has 0 amide bonds. The first-order chi connectivity index (χ1) is 8.06. The molecule has 2 aromatic heterocycles. The summed E-state index contributed by atoms with van der Waals surface area (Å²) >= 11 is 1.94. The highest BCUT2D eigenvalue weighted by Gasteiger charge is 2.15. The SMILES string of the molecule is O=C(O)c1ccc(Sc2ncc([N+](=O)[O-])s2)o1. The van der Waals surface area contributed by atoms with E-state index in [0.29, 0.717) is 9.43 Å². The van der Waals surface area contributed by atoms with E-state index in [-0.39, 0.29) is 10.8 Å². The van der Waals surface area contributed by atoms with E-state index in [4.69, 9.17) is 9.52 Å². The van der Waals surface area contributed by atoms with Crippen LogP contribution in [0.5, 0.6) is 0 Å². The summed E-state index contributed by atoms with van der Waals surface area (Å²) in [7, 11) is 0. The number of carbonyl (C=O) groups is 1. The van der Waals surface area contributed by atoms with Gasteiger partial charge < -0.3 is 9.52 Å². The number of thiazole rings is 1. The van der Waals surface area contributed by atoms with Crippen molar-refractivity contribution in [2.24, 2.45) is 0 Å². The molecule has 0 aliphatic carbocycles. The molecule has 2 heterocycles. The van der Waals surface area contributed by atoms with Crippen LogP contribution in [0.2, 0.25) is 0 Å². The quantitative estimate of drug-likeness (QED) is 0.673. The topological polar surface area (TPSA) is 106 Å². The van der Waals surface area contributed by atoms with Crippen molar-refractivity contribution in [1.29, 1.82) is 0 Å². The highest BCUT2D eigenvalue weighted by molar-refractivity contribution is 8.01. The Morgan fingerprint density at radius 1 is 1.59 bits per heavy atom. The number of hydrogen-bond acceptors (Lipinski definition) is 7. The number of nitrogens with zero attached hydrogens (tertiary/aromatic N) is 2. The highest BCUT2D eigenvalue weighted by atomic mass is 32.2. The van der Waals surface area contributed by atoms with E-state index in [2.05, 4.69) is 4.98 Å². The zero-order chi connectivity index (χ0) is 12.4. The van der Waals surface area contributed by atoms with Gasteiger partial charge in [0.15, 0.2) is 9.43 Å². The number of aromatic nitrogens is 1. The number of hydrogen-bond donors (Lipinski definition) is 1. The maximum atomic E-state index is 10.6. The first kappa shape index (κ1) is 11.6. The van der Waals surface area contributed by atoms with Crippen molar-refractivity contribution in [2.75, 3.05) is 0 Å². The standard InChI is InChI=1S/C8H4N2O5S2/c11-7(12)4-1-2-6(15-4)17-8-9-3-5(16-8)10(13)14/h1-3H,(H,11,12). The van der Waals surface area contributed by atoms with Gasteiger partial charge in [-0.25, -0.2) is 9.78 Å².